The van der Waals surface area contributed by atoms with Gasteiger partial charge in [-0.2, -0.15) is 8.75 Å². The molecule has 230 valence electrons. The van der Waals surface area contributed by atoms with E-state index in [0.717, 1.165) is 23.6 Å². The van der Waals surface area contributed by atoms with Gasteiger partial charge in [-0.3, -0.25) is 4.79 Å². The average molecular weight is 639 g/mol. The fourth-order valence-electron chi connectivity index (χ4n) is 5.56. The molecule has 12 nitrogen and oxygen atoms in total. The van der Waals surface area contributed by atoms with E-state index in [2.05, 4.69) is 8.75 Å². The maximum atomic E-state index is 13.3. The van der Waals surface area contributed by atoms with Crippen LogP contribution in [0.15, 0.2) is 78.4 Å². The molecule has 13 heteroatoms. The fraction of sp³-hybridized carbons (Fsp3) is 0.152. The van der Waals surface area contributed by atoms with Crippen LogP contribution in [-0.4, -0.2) is 46.5 Å². The first-order chi connectivity index (χ1) is 22.5. The number of hydrogen-bond donors (Lipinski definition) is 1. The van der Waals surface area contributed by atoms with Crippen molar-refractivity contribution in [3.8, 4) is 34.5 Å². The number of aldehydes is 1. The predicted molar refractivity (Wildman–Crippen MR) is 161 cm³/mol. The third-order valence-corrected chi connectivity index (χ3v) is 8.37. The van der Waals surface area contributed by atoms with Gasteiger partial charge in [-0.05, 0) is 71.8 Å². The molecule has 0 radical (unpaired) electrons. The Bertz CT molecular complexity index is 2080. The van der Waals surface area contributed by atoms with Gasteiger partial charge in [0.05, 0.1) is 17.3 Å². The number of benzene rings is 4. The molecule has 4 aliphatic rings. The van der Waals surface area contributed by atoms with Crippen molar-refractivity contribution in [2.24, 2.45) is 0 Å². The van der Waals surface area contributed by atoms with E-state index in [1.165, 1.54) is 0 Å². The van der Waals surface area contributed by atoms with E-state index < -0.39 is 11.8 Å². The second-order valence-corrected chi connectivity index (χ2v) is 11.0. The summed E-state index contributed by atoms with van der Waals surface area (Å²) in [5, 5.41) is 11.9. The number of fused-ring (bicyclic) bond motifs is 4. The number of carbonyl (C=O) groups is 2. The van der Waals surface area contributed by atoms with Gasteiger partial charge in [0.25, 0.3) is 5.79 Å². The number of esters is 1. The van der Waals surface area contributed by atoms with Gasteiger partial charge in [0, 0.05) is 23.1 Å². The number of aliphatic hydroxyl groups is 1. The second-order valence-electron chi connectivity index (χ2n) is 10.5. The minimum atomic E-state index is -2.00. The highest BCUT2D eigenvalue weighted by molar-refractivity contribution is 7.00. The van der Waals surface area contributed by atoms with E-state index in [0.29, 0.717) is 67.8 Å². The lowest BCUT2D eigenvalue weighted by Gasteiger charge is -2.25. The van der Waals surface area contributed by atoms with E-state index in [-0.39, 0.29) is 32.4 Å². The summed E-state index contributed by atoms with van der Waals surface area (Å²) in [6.07, 6.45) is 0.998. The minimum absolute atomic E-state index is 0.109. The maximum absolute atomic E-state index is 13.3. The van der Waals surface area contributed by atoms with Crippen molar-refractivity contribution in [3.05, 3.63) is 101 Å². The zero-order valence-electron chi connectivity index (χ0n) is 23.8. The summed E-state index contributed by atoms with van der Waals surface area (Å²) in [5.74, 6) is 1.08. The van der Waals surface area contributed by atoms with Crippen LogP contribution >= 0.6 is 11.7 Å². The Morgan fingerprint density at radius 1 is 0.717 bits per heavy atom. The summed E-state index contributed by atoms with van der Waals surface area (Å²) in [4.78, 5) is 23.6. The fourth-order valence-corrected chi connectivity index (χ4v) is 6.08. The first kappa shape index (κ1) is 27.9. The molecule has 1 atom stereocenters. The van der Waals surface area contributed by atoms with E-state index in [1.54, 1.807) is 54.6 Å². The lowest BCUT2D eigenvalue weighted by molar-refractivity contribution is -0.185. The highest BCUT2D eigenvalue weighted by Gasteiger charge is 2.48. The molecule has 0 aliphatic carbocycles. The number of rotatable bonds is 5. The molecular weight excluding hydrogens is 616 g/mol. The molecule has 1 unspecified atom stereocenters. The minimum Gasteiger partial charge on any atom is -0.454 e. The summed E-state index contributed by atoms with van der Waals surface area (Å²) in [6, 6.07) is 20.9. The van der Waals surface area contributed by atoms with E-state index in [1.807, 2.05) is 18.2 Å². The average Bonchev–Trinajstić information content (AvgIpc) is 3.91. The Balaban J connectivity index is 0.000000240. The molecule has 0 amide bonds. The molecule has 4 aromatic carbocycles. The van der Waals surface area contributed by atoms with Crippen LogP contribution in [0.1, 0.15) is 27.0 Å². The second kappa shape index (κ2) is 11.1. The zero-order chi connectivity index (χ0) is 31.3. The third kappa shape index (κ3) is 4.82. The summed E-state index contributed by atoms with van der Waals surface area (Å²) >= 11 is 1.07. The molecule has 46 heavy (non-hydrogen) atoms. The van der Waals surface area contributed by atoms with Crippen molar-refractivity contribution in [2.45, 2.75) is 12.2 Å². The van der Waals surface area contributed by atoms with Crippen molar-refractivity contribution in [3.63, 3.8) is 0 Å². The van der Waals surface area contributed by atoms with Crippen LogP contribution in [0.25, 0.3) is 16.6 Å². The third-order valence-electron chi connectivity index (χ3n) is 7.81. The van der Waals surface area contributed by atoms with Crippen LogP contribution in [0, 0.1) is 0 Å². The summed E-state index contributed by atoms with van der Waals surface area (Å²) < 4.78 is 46.2. The lowest BCUT2D eigenvalue weighted by Crippen LogP contribution is -2.29. The molecule has 1 aromatic heterocycles. The number of nitrogens with zero attached hydrogens (tertiary/aromatic N) is 2. The molecule has 0 spiro atoms. The quantitative estimate of drug-likeness (QED) is 0.209. The number of carbonyl (C=O) groups excluding carboxylic acids is 2. The van der Waals surface area contributed by atoms with Crippen LogP contribution in [0.4, 0.5) is 0 Å². The highest BCUT2D eigenvalue weighted by Crippen LogP contribution is 2.47. The van der Waals surface area contributed by atoms with E-state index in [9.17, 15) is 14.7 Å². The Kier molecular flexibility index (Phi) is 6.69. The molecule has 5 heterocycles. The zero-order valence-corrected chi connectivity index (χ0v) is 24.6. The van der Waals surface area contributed by atoms with Crippen LogP contribution < -0.4 is 28.4 Å². The molecule has 0 bridgehead atoms. The maximum Gasteiger partial charge on any atom is 0.342 e. The monoisotopic (exact) mass is 638 g/mol. The Morgan fingerprint density at radius 3 is 2.09 bits per heavy atom. The first-order valence-electron chi connectivity index (χ1n) is 14.0. The Hall–Kier alpha value is -5.66. The van der Waals surface area contributed by atoms with E-state index >= 15 is 0 Å². The van der Waals surface area contributed by atoms with E-state index in [4.69, 9.17) is 33.2 Å². The highest BCUT2D eigenvalue weighted by atomic mass is 32.1. The molecular formula is C33H22N2O10S. The van der Waals surface area contributed by atoms with Gasteiger partial charge >= 0.3 is 5.97 Å². The van der Waals surface area contributed by atoms with Crippen LogP contribution in [-0.2, 0) is 21.7 Å². The van der Waals surface area contributed by atoms with Crippen LogP contribution in [0.3, 0.4) is 0 Å². The van der Waals surface area contributed by atoms with Crippen molar-refractivity contribution < 1.29 is 47.9 Å². The summed E-state index contributed by atoms with van der Waals surface area (Å²) in [5.41, 5.74) is 4.33. The van der Waals surface area contributed by atoms with Crippen molar-refractivity contribution >= 4 is 40.6 Å². The molecule has 4 aliphatic heterocycles. The molecule has 0 fully saturated rings. The molecule has 1 N–H and O–H groups in total. The number of hydrogen-bond acceptors (Lipinski definition) is 13. The standard InChI is InChI=1S/C25H16N2O7S.C8H6O3/c28-24-23(14-2-6-20-22(9-14)33-12-31-20)16(7-13-1-5-19-21(8-13)32-11-30-19)25(29,34-24)15-3-4-17-18(10-15)27-35-26-17;9-4-6-1-2-7-8(3-6)11-5-10-7/h1-6,8-10,29H,7,11-12H2;1-4H,5H2. The van der Waals surface area contributed by atoms with Gasteiger partial charge in [-0.25, -0.2) is 4.79 Å². The molecule has 5 aromatic rings. The Morgan fingerprint density at radius 2 is 1.35 bits per heavy atom. The summed E-state index contributed by atoms with van der Waals surface area (Å²) in [7, 11) is 0. The van der Waals surface area contributed by atoms with Gasteiger partial charge in [-0.1, -0.05) is 12.1 Å². The van der Waals surface area contributed by atoms with Crippen molar-refractivity contribution in [2.75, 3.05) is 20.4 Å². The molecule has 0 saturated carbocycles. The van der Waals surface area contributed by atoms with Crippen LogP contribution in [0.5, 0.6) is 34.5 Å². The van der Waals surface area contributed by atoms with Crippen molar-refractivity contribution in [1.82, 2.24) is 8.75 Å². The van der Waals surface area contributed by atoms with Crippen LogP contribution in [0.2, 0.25) is 0 Å². The number of ether oxygens (including phenoxy) is 7. The smallest absolute Gasteiger partial charge is 0.342 e. The van der Waals surface area contributed by atoms with Gasteiger partial charge in [0.15, 0.2) is 34.5 Å². The molecule has 9 rings (SSSR count). The van der Waals surface area contributed by atoms with Crippen molar-refractivity contribution in [1.29, 1.82) is 0 Å². The van der Waals surface area contributed by atoms with Gasteiger partial charge < -0.3 is 38.3 Å². The largest absolute Gasteiger partial charge is 0.454 e. The van der Waals surface area contributed by atoms with Gasteiger partial charge in [-0.15, -0.1) is 0 Å². The number of aromatic nitrogens is 2. The topological polar surface area (TPSA) is 145 Å². The number of cyclic esters (lactones) is 1. The van der Waals surface area contributed by atoms with Gasteiger partial charge in [0.1, 0.15) is 17.3 Å². The normalized spacial score (nSPS) is 18.4. The SMILES string of the molecule is O=C1OC(O)(c2ccc3nsnc3c2)C(Cc2ccc3c(c2)OCO3)=C1c1ccc2c(c1)OCO2.O=Cc1ccc2c(c1)OCO2. The summed E-state index contributed by atoms with van der Waals surface area (Å²) in [6.45, 7) is 0.507. The lowest BCUT2D eigenvalue weighted by atomic mass is 9.88. The molecule has 0 saturated heterocycles. The predicted octanol–water partition coefficient (Wildman–Crippen LogP) is 4.77. The van der Waals surface area contributed by atoms with Gasteiger partial charge in [0.2, 0.25) is 20.4 Å². The Labute approximate surface area is 264 Å². The first-order valence-corrected chi connectivity index (χ1v) is 14.8.